The van der Waals surface area contributed by atoms with Crippen LogP contribution in [0.1, 0.15) is 21.7 Å². The van der Waals surface area contributed by atoms with Crippen LogP contribution in [0.3, 0.4) is 0 Å². The summed E-state index contributed by atoms with van der Waals surface area (Å²) in [5, 5.41) is 1.22. The number of fused-ring (bicyclic) bond motifs is 1. The van der Waals surface area contributed by atoms with Gasteiger partial charge in [-0.3, -0.25) is 4.79 Å². The minimum atomic E-state index is 0.236. The largest absolute Gasteiger partial charge is 0.337 e. The number of likely N-dealkylation sites (N-methyl/N-ethyl adjacent to an activating group) is 1. The first-order valence-corrected chi connectivity index (χ1v) is 11.6. The van der Waals surface area contributed by atoms with E-state index in [9.17, 15) is 4.79 Å². The van der Waals surface area contributed by atoms with Gasteiger partial charge in [0, 0.05) is 13.6 Å². The molecule has 6 heteroatoms. The lowest BCUT2D eigenvalue weighted by Gasteiger charge is -2.30. The summed E-state index contributed by atoms with van der Waals surface area (Å²) < 4.78 is 1.27. The van der Waals surface area contributed by atoms with Crippen molar-refractivity contribution in [1.82, 2.24) is 9.88 Å². The van der Waals surface area contributed by atoms with Gasteiger partial charge in [0.1, 0.15) is 37.7 Å². The third-order valence-corrected chi connectivity index (χ3v) is 7.17. The van der Waals surface area contributed by atoms with Crippen LogP contribution >= 0.6 is 11.3 Å². The first-order chi connectivity index (χ1) is 14.5. The normalized spacial score (nSPS) is 19.2. The Morgan fingerprint density at radius 2 is 1.80 bits per heavy atom. The van der Waals surface area contributed by atoms with E-state index in [1.807, 2.05) is 23.3 Å². The standard InChI is InChI=1S/C24H30N4OS/c1-18-8-9-20(19(2)14-18)15-26(3)24(29)17-28-12-10-27(11-13-28)16-23-25-21-6-4-5-7-22(21)30-23/h4-9,14H,10-13,15-17H2,1-3H3/p+2. The fraction of sp³-hybridized carbons (Fsp3) is 0.417. The molecule has 5 nitrogen and oxygen atoms in total. The van der Waals surface area contributed by atoms with E-state index < -0.39 is 0 Å². The van der Waals surface area contributed by atoms with Gasteiger partial charge in [0.15, 0.2) is 6.54 Å². The number of nitrogens with zero attached hydrogens (tertiary/aromatic N) is 2. The monoisotopic (exact) mass is 424 g/mol. The second-order valence-corrected chi connectivity index (χ2v) is 9.72. The first-order valence-electron chi connectivity index (χ1n) is 10.8. The maximum atomic E-state index is 12.8. The number of hydrogen-bond acceptors (Lipinski definition) is 3. The van der Waals surface area contributed by atoms with Crippen LogP contribution in [0.4, 0.5) is 0 Å². The topological polar surface area (TPSA) is 42.1 Å². The number of para-hydroxylation sites is 1. The average Bonchev–Trinajstić information content (AvgIpc) is 3.13. The number of amides is 1. The van der Waals surface area contributed by atoms with Crippen molar-refractivity contribution in [3.63, 3.8) is 0 Å². The van der Waals surface area contributed by atoms with Crippen LogP contribution in [0.2, 0.25) is 0 Å². The molecule has 0 atom stereocenters. The molecular formula is C24H32N4OS+2. The Morgan fingerprint density at radius 1 is 1.07 bits per heavy atom. The van der Waals surface area contributed by atoms with Crippen LogP contribution < -0.4 is 9.80 Å². The minimum Gasteiger partial charge on any atom is -0.337 e. The molecule has 2 aromatic carbocycles. The number of carbonyl (C=O) groups is 1. The van der Waals surface area contributed by atoms with Crippen molar-refractivity contribution in [3.05, 3.63) is 64.2 Å². The van der Waals surface area contributed by atoms with Crippen molar-refractivity contribution in [3.8, 4) is 0 Å². The molecular weight excluding hydrogens is 392 g/mol. The molecule has 1 aliphatic heterocycles. The van der Waals surface area contributed by atoms with E-state index in [1.54, 1.807) is 4.90 Å². The summed E-state index contributed by atoms with van der Waals surface area (Å²) in [5.74, 6) is 0.236. The molecule has 1 aromatic heterocycles. The molecule has 0 saturated carbocycles. The number of piperazine rings is 1. The lowest BCUT2D eigenvalue weighted by molar-refractivity contribution is -1.02. The zero-order valence-corrected chi connectivity index (χ0v) is 19.0. The van der Waals surface area contributed by atoms with Gasteiger partial charge in [-0.05, 0) is 37.1 Å². The SMILES string of the molecule is Cc1ccc(CN(C)C(=O)C[NH+]2CC[NH+](Cc3nc4ccccc4s3)CC2)c(C)c1. The van der Waals surface area contributed by atoms with Crippen molar-refractivity contribution in [2.45, 2.75) is 26.9 Å². The lowest BCUT2D eigenvalue weighted by atomic mass is 10.1. The first kappa shape index (κ1) is 21.0. The molecule has 0 radical (unpaired) electrons. The average molecular weight is 425 g/mol. The summed E-state index contributed by atoms with van der Waals surface area (Å²) in [4.78, 5) is 22.4. The van der Waals surface area contributed by atoms with Crippen molar-refractivity contribution in [2.24, 2.45) is 0 Å². The summed E-state index contributed by atoms with van der Waals surface area (Å²) in [6, 6.07) is 14.8. The summed E-state index contributed by atoms with van der Waals surface area (Å²) >= 11 is 1.81. The Hall–Kier alpha value is -2.28. The molecule has 30 heavy (non-hydrogen) atoms. The molecule has 3 aromatic rings. The van der Waals surface area contributed by atoms with Gasteiger partial charge in [0.2, 0.25) is 0 Å². The van der Waals surface area contributed by atoms with Gasteiger partial charge >= 0.3 is 0 Å². The molecule has 4 rings (SSSR count). The zero-order valence-electron chi connectivity index (χ0n) is 18.2. The van der Waals surface area contributed by atoms with Gasteiger partial charge in [-0.2, -0.15) is 0 Å². The fourth-order valence-corrected chi connectivity index (χ4v) is 5.27. The summed E-state index contributed by atoms with van der Waals surface area (Å²) in [6.07, 6.45) is 0. The number of aromatic nitrogens is 1. The lowest BCUT2D eigenvalue weighted by Crippen LogP contribution is -3.28. The Balaban J connectivity index is 1.25. The van der Waals surface area contributed by atoms with Gasteiger partial charge in [-0.25, -0.2) is 4.98 Å². The summed E-state index contributed by atoms with van der Waals surface area (Å²) in [5.41, 5.74) is 4.87. The number of carbonyl (C=O) groups excluding carboxylic acids is 1. The number of rotatable bonds is 6. The Labute approximate surface area is 182 Å². The Morgan fingerprint density at radius 3 is 2.53 bits per heavy atom. The molecule has 2 heterocycles. The predicted molar refractivity (Wildman–Crippen MR) is 122 cm³/mol. The number of hydrogen-bond donors (Lipinski definition) is 2. The molecule has 2 N–H and O–H groups in total. The second kappa shape index (κ2) is 9.25. The summed E-state index contributed by atoms with van der Waals surface area (Å²) in [6.45, 7) is 10.8. The van der Waals surface area contributed by atoms with Crippen molar-refractivity contribution < 1.29 is 14.6 Å². The van der Waals surface area contributed by atoms with Crippen LogP contribution in [-0.2, 0) is 17.9 Å². The van der Waals surface area contributed by atoms with Gasteiger partial charge in [0.25, 0.3) is 5.91 Å². The molecule has 158 valence electrons. The number of thiazole rings is 1. The number of quaternary nitrogens is 2. The minimum absolute atomic E-state index is 0.236. The van der Waals surface area contributed by atoms with E-state index in [-0.39, 0.29) is 5.91 Å². The Kier molecular flexibility index (Phi) is 6.46. The van der Waals surface area contributed by atoms with Gasteiger partial charge in [-0.1, -0.05) is 35.9 Å². The van der Waals surface area contributed by atoms with Crippen LogP contribution in [0.25, 0.3) is 10.2 Å². The van der Waals surface area contributed by atoms with Crippen LogP contribution in [0.15, 0.2) is 42.5 Å². The van der Waals surface area contributed by atoms with Gasteiger partial charge in [0.05, 0.1) is 10.2 Å². The summed E-state index contributed by atoms with van der Waals surface area (Å²) in [7, 11) is 1.93. The van der Waals surface area contributed by atoms with E-state index >= 15 is 0 Å². The van der Waals surface area contributed by atoms with E-state index in [1.165, 1.54) is 31.3 Å². The second-order valence-electron chi connectivity index (χ2n) is 8.61. The quantitative estimate of drug-likeness (QED) is 0.616. The molecule has 0 spiro atoms. The molecule has 1 fully saturated rings. The molecule has 1 amide bonds. The number of aryl methyl sites for hydroxylation is 2. The van der Waals surface area contributed by atoms with E-state index in [0.717, 1.165) is 38.2 Å². The molecule has 0 unspecified atom stereocenters. The molecule has 1 aliphatic rings. The van der Waals surface area contributed by atoms with Crippen LogP contribution in [0.5, 0.6) is 0 Å². The predicted octanol–water partition coefficient (Wildman–Crippen LogP) is 0.855. The van der Waals surface area contributed by atoms with Gasteiger partial charge in [-0.15, -0.1) is 11.3 Å². The third kappa shape index (κ3) is 5.06. The molecule has 1 saturated heterocycles. The number of nitrogens with one attached hydrogen (secondary N) is 2. The fourth-order valence-electron chi connectivity index (χ4n) is 4.24. The van der Waals surface area contributed by atoms with E-state index in [0.29, 0.717) is 13.1 Å². The highest BCUT2D eigenvalue weighted by atomic mass is 32.1. The third-order valence-electron chi connectivity index (χ3n) is 6.14. The zero-order chi connectivity index (χ0) is 21.1. The highest BCUT2D eigenvalue weighted by Crippen LogP contribution is 2.20. The van der Waals surface area contributed by atoms with Crippen LogP contribution in [0, 0.1) is 13.8 Å². The Bertz CT molecular complexity index is 990. The maximum absolute atomic E-state index is 12.8. The van der Waals surface area contributed by atoms with Gasteiger partial charge < -0.3 is 14.7 Å². The van der Waals surface area contributed by atoms with E-state index in [4.69, 9.17) is 4.98 Å². The highest BCUT2D eigenvalue weighted by Gasteiger charge is 2.26. The van der Waals surface area contributed by atoms with Crippen molar-refractivity contribution >= 4 is 27.5 Å². The van der Waals surface area contributed by atoms with Crippen molar-refractivity contribution in [1.29, 1.82) is 0 Å². The highest BCUT2D eigenvalue weighted by molar-refractivity contribution is 7.18. The van der Waals surface area contributed by atoms with Crippen LogP contribution in [-0.4, -0.2) is 55.6 Å². The molecule has 0 aliphatic carbocycles. The van der Waals surface area contributed by atoms with Crippen molar-refractivity contribution in [2.75, 3.05) is 39.8 Å². The maximum Gasteiger partial charge on any atom is 0.277 e. The number of benzene rings is 2. The van der Waals surface area contributed by atoms with E-state index in [2.05, 4.69) is 56.3 Å². The molecule has 0 bridgehead atoms. The smallest absolute Gasteiger partial charge is 0.277 e.